The van der Waals surface area contributed by atoms with E-state index in [1.165, 1.54) is 25.1 Å². The van der Waals surface area contributed by atoms with Gasteiger partial charge in [0.1, 0.15) is 0 Å². The molecular weight excluding hydrogens is 407 g/mol. The first-order valence-electron chi connectivity index (χ1n) is 9.18. The van der Waals surface area contributed by atoms with E-state index in [9.17, 15) is 4.79 Å². The summed E-state index contributed by atoms with van der Waals surface area (Å²) in [7, 11) is 1.87. The van der Waals surface area contributed by atoms with Crippen LogP contribution in [0.2, 0.25) is 0 Å². The molecule has 0 radical (unpaired) electrons. The third-order valence-corrected chi connectivity index (χ3v) is 5.02. The molecule has 27 heavy (non-hydrogen) atoms. The molecule has 8 heteroatoms. The Labute approximate surface area is 181 Å². The molecule has 5 nitrogen and oxygen atoms in total. The summed E-state index contributed by atoms with van der Waals surface area (Å²) in [5.41, 5.74) is 2.10. The highest BCUT2D eigenvalue weighted by atomic mass is 35.5. The second-order valence-corrected chi connectivity index (χ2v) is 7.23. The Kier molecular flexibility index (Phi) is 12.3. The van der Waals surface area contributed by atoms with Crippen LogP contribution in [0.3, 0.4) is 0 Å². The second-order valence-electron chi connectivity index (χ2n) is 7.23. The number of hydrogen-bond acceptors (Lipinski definition) is 4. The number of carbonyl (C=O) groups excluding carboxylic acids is 1. The van der Waals surface area contributed by atoms with E-state index in [-0.39, 0.29) is 49.0 Å². The van der Waals surface area contributed by atoms with Crippen LogP contribution >= 0.6 is 37.2 Å². The molecule has 1 saturated heterocycles. The summed E-state index contributed by atoms with van der Waals surface area (Å²) in [6.07, 6.45) is 2.85. The first kappa shape index (κ1) is 26.3. The molecule has 1 atom stereocenters. The number of hydrogen-bond donors (Lipinski definition) is 2. The number of anilines is 2. The van der Waals surface area contributed by atoms with Gasteiger partial charge in [-0.2, -0.15) is 0 Å². The summed E-state index contributed by atoms with van der Waals surface area (Å²) < 4.78 is 0. The van der Waals surface area contributed by atoms with Crippen molar-refractivity contribution in [3.63, 3.8) is 0 Å². The minimum atomic E-state index is -0.0374. The SMILES string of the molecule is CNCC(C)C(=O)Nc1cccc(N2CCN(CC3CC3)CC2)c1.Cl.Cl.Cl. The van der Waals surface area contributed by atoms with Crippen molar-refractivity contribution >= 4 is 54.5 Å². The first-order chi connectivity index (χ1) is 11.7. The predicted octanol–water partition coefficient (Wildman–Crippen LogP) is 3.28. The molecule has 1 aliphatic heterocycles. The van der Waals surface area contributed by atoms with Gasteiger partial charge in [-0.25, -0.2) is 0 Å². The van der Waals surface area contributed by atoms with Gasteiger partial charge in [0.15, 0.2) is 0 Å². The van der Waals surface area contributed by atoms with Gasteiger partial charge in [-0.15, -0.1) is 37.2 Å². The van der Waals surface area contributed by atoms with Gasteiger partial charge in [0.25, 0.3) is 0 Å². The molecule has 0 spiro atoms. The van der Waals surface area contributed by atoms with E-state index in [1.54, 1.807) is 0 Å². The van der Waals surface area contributed by atoms with Crippen LogP contribution in [-0.2, 0) is 4.79 Å². The lowest BCUT2D eigenvalue weighted by atomic mass is 10.1. The first-order valence-corrected chi connectivity index (χ1v) is 9.18. The number of rotatable bonds is 7. The van der Waals surface area contributed by atoms with Crippen molar-refractivity contribution in [1.29, 1.82) is 0 Å². The molecule has 0 bridgehead atoms. The zero-order chi connectivity index (χ0) is 16.9. The fraction of sp³-hybridized carbons (Fsp3) is 0.632. The Hall–Kier alpha value is -0.720. The van der Waals surface area contributed by atoms with Gasteiger partial charge < -0.3 is 15.5 Å². The van der Waals surface area contributed by atoms with Crippen molar-refractivity contribution in [3.05, 3.63) is 24.3 Å². The van der Waals surface area contributed by atoms with Crippen molar-refractivity contribution in [1.82, 2.24) is 10.2 Å². The Morgan fingerprint density at radius 1 is 1.15 bits per heavy atom. The van der Waals surface area contributed by atoms with Gasteiger partial charge in [0.05, 0.1) is 0 Å². The predicted molar refractivity (Wildman–Crippen MR) is 121 cm³/mol. The molecule has 2 fully saturated rings. The molecule has 1 saturated carbocycles. The highest BCUT2D eigenvalue weighted by molar-refractivity contribution is 5.93. The zero-order valence-corrected chi connectivity index (χ0v) is 18.6. The number of benzene rings is 1. The average molecular weight is 440 g/mol. The summed E-state index contributed by atoms with van der Waals surface area (Å²) in [5.74, 6) is 0.995. The lowest BCUT2D eigenvalue weighted by Gasteiger charge is -2.36. The number of carbonyl (C=O) groups is 1. The molecule has 156 valence electrons. The van der Waals surface area contributed by atoms with E-state index in [1.807, 2.05) is 26.1 Å². The van der Waals surface area contributed by atoms with E-state index in [2.05, 4.69) is 32.6 Å². The van der Waals surface area contributed by atoms with Crippen LogP contribution in [-0.4, -0.2) is 57.1 Å². The summed E-state index contributed by atoms with van der Waals surface area (Å²) in [5, 5.41) is 6.08. The maximum Gasteiger partial charge on any atom is 0.228 e. The lowest BCUT2D eigenvalue weighted by molar-refractivity contribution is -0.119. The van der Waals surface area contributed by atoms with Crippen molar-refractivity contribution in [2.24, 2.45) is 11.8 Å². The number of amides is 1. The molecule has 1 aliphatic carbocycles. The van der Waals surface area contributed by atoms with Crippen LogP contribution < -0.4 is 15.5 Å². The summed E-state index contributed by atoms with van der Waals surface area (Å²) in [6, 6.07) is 8.24. The Bertz CT molecular complexity index is 564. The Balaban J connectivity index is 0.00000225. The third kappa shape index (κ3) is 8.04. The summed E-state index contributed by atoms with van der Waals surface area (Å²) >= 11 is 0. The van der Waals surface area contributed by atoms with E-state index < -0.39 is 0 Å². The van der Waals surface area contributed by atoms with Crippen molar-refractivity contribution in [2.75, 3.05) is 56.5 Å². The monoisotopic (exact) mass is 438 g/mol. The maximum absolute atomic E-state index is 12.2. The standard InChI is InChI=1S/C19H30N4O.3ClH/c1-15(13-20-2)19(24)21-17-4-3-5-18(12-17)23-10-8-22(9-11-23)14-16-6-7-16;;;/h3-5,12,15-16,20H,6-11,13-14H2,1-2H3,(H,21,24);3*1H. The van der Waals surface area contributed by atoms with E-state index >= 15 is 0 Å². The van der Waals surface area contributed by atoms with Gasteiger partial charge in [-0.1, -0.05) is 13.0 Å². The average Bonchev–Trinajstić information content (AvgIpc) is 3.40. The Morgan fingerprint density at radius 2 is 1.81 bits per heavy atom. The van der Waals surface area contributed by atoms with E-state index in [0.29, 0.717) is 6.54 Å². The second kappa shape index (κ2) is 12.7. The third-order valence-electron chi connectivity index (χ3n) is 5.02. The highest BCUT2D eigenvalue weighted by Crippen LogP contribution is 2.30. The van der Waals surface area contributed by atoms with Crippen LogP contribution in [0.1, 0.15) is 19.8 Å². The normalized spacial score (nSPS) is 17.8. The van der Waals surface area contributed by atoms with Gasteiger partial charge in [-0.05, 0) is 44.0 Å². The highest BCUT2D eigenvalue weighted by Gasteiger charge is 2.26. The molecule has 1 aromatic carbocycles. The molecule has 1 heterocycles. The fourth-order valence-corrected chi connectivity index (χ4v) is 3.30. The molecule has 1 amide bonds. The van der Waals surface area contributed by atoms with Gasteiger partial charge >= 0.3 is 0 Å². The number of halogens is 3. The van der Waals surface area contributed by atoms with E-state index in [0.717, 1.165) is 37.8 Å². The van der Waals surface area contributed by atoms with Crippen LogP contribution in [0.15, 0.2) is 24.3 Å². The van der Waals surface area contributed by atoms with E-state index in [4.69, 9.17) is 0 Å². The number of nitrogens with one attached hydrogen (secondary N) is 2. The number of nitrogens with zero attached hydrogens (tertiary/aromatic N) is 2. The van der Waals surface area contributed by atoms with Crippen molar-refractivity contribution in [3.8, 4) is 0 Å². The van der Waals surface area contributed by atoms with Crippen molar-refractivity contribution < 1.29 is 4.79 Å². The fourth-order valence-electron chi connectivity index (χ4n) is 3.30. The van der Waals surface area contributed by atoms with Gasteiger partial charge in [0.2, 0.25) is 5.91 Å². The quantitative estimate of drug-likeness (QED) is 0.684. The van der Waals surface area contributed by atoms with Crippen LogP contribution in [0.4, 0.5) is 11.4 Å². The molecule has 1 aromatic rings. The summed E-state index contributed by atoms with van der Waals surface area (Å²) in [4.78, 5) is 17.2. The molecule has 2 N–H and O–H groups in total. The smallest absolute Gasteiger partial charge is 0.228 e. The largest absolute Gasteiger partial charge is 0.369 e. The minimum Gasteiger partial charge on any atom is -0.369 e. The lowest BCUT2D eigenvalue weighted by Crippen LogP contribution is -2.47. The molecule has 3 rings (SSSR count). The maximum atomic E-state index is 12.2. The zero-order valence-electron chi connectivity index (χ0n) is 16.1. The molecule has 2 aliphatic rings. The molecule has 0 aromatic heterocycles. The number of piperazine rings is 1. The molecule has 1 unspecified atom stereocenters. The molecular formula is C19H33Cl3N4O. The van der Waals surface area contributed by atoms with Crippen LogP contribution in [0.25, 0.3) is 0 Å². The van der Waals surface area contributed by atoms with Crippen LogP contribution in [0.5, 0.6) is 0 Å². The minimum absolute atomic E-state index is 0. The van der Waals surface area contributed by atoms with Gasteiger partial charge in [0, 0.05) is 56.6 Å². The van der Waals surface area contributed by atoms with Gasteiger partial charge in [-0.3, -0.25) is 9.69 Å². The van der Waals surface area contributed by atoms with Crippen molar-refractivity contribution in [2.45, 2.75) is 19.8 Å². The van der Waals surface area contributed by atoms with Crippen LogP contribution in [0, 0.1) is 11.8 Å². The Morgan fingerprint density at radius 3 is 2.41 bits per heavy atom. The topological polar surface area (TPSA) is 47.6 Å². The summed E-state index contributed by atoms with van der Waals surface area (Å²) in [6.45, 7) is 8.34.